The van der Waals surface area contributed by atoms with Crippen molar-refractivity contribution in [2.24, 2.45) is 17.8 Å². The third-order valence-electron chi connectivity index (χ3n) is 8.18. The van der Waals surface area contributed by atoms with Crippen LogP contribution in [0.3, 0.4) is 0 Å². The maximum absolute atomic E-state index is 13.4. The van der Waals surface area contributed by atoms with Crippen molar-refractivity contribution < 1.29 is 29.2 Å². The lowest BCUT2D eigenvalue weighted by Gasteiger charge is -2.31. The summed E-state index contributed by atoms with van der Waals surface area (Å²) in [6.07, 6.45) is 6.74. The summed E-state index contributed by atoms with van der Waals surface area (Å²) < 4.78 is 17.9. The van der Waals surface area contributed by atoms with Crippen molar-refractivity contribution in [2.75, 3.05) is 58.4 Å². The van der Waals surface area contributed by atoms with Crippen LogP contribution >= 0.6 is 11.8 Å². The highest BCUT2D eigenvalue weighted by atomic mass is 32.2. The second-order valence-electron chi connectivity index (χ2n) is 10.6. The van der Waals surface area contributed by atoms with E-state index in [4.69, 9.17) is 14.2 Å². The summed E-state index contributed by atoms with van der Waals surface area (Å²) in [6, 6.07) is -0.758. The molecule has 10 heteroatoms. The van der Waals surface area contributed by atoms with Crippen molar-refractivity contribution >= 4 is 17.7 Å². The average Bonchev–Trinajstić information content (AvgIpc) is 3.32. The molecule has 0 aromatic heterocycles. The lowest BCUT2D eigenvalue weighted by atomic mass is 9.94. The summed E-state index contributed by atoms with van der Waals surface area (Å²) in [7, 11) is 0. The fraction of sp³-hybridized carbons (Fsp3) is 0.880. The number of carbonyl (C=O) groups excluding carboxylic acids is 1. The average molecular weight is 512 g/mol. The van der Waals surface area contributed by atoms with Gasteiger partial charge in [0.1, 0.15) is 17.6 Å². The van der Waals surface area contributed by atoms with Gasteiger partial charge in [-0.25, -0.2) is 0 Å². The second-order valence-corrected chi connectivity index (χ2v) is 11.7. The molecule has 0 aliphatic carbocycles. The molecule has 0 saturated carbocycles. The number of rotatable bonds is 5. The molecule has 9 atom stereocenters. The summed E-state index contributed by atoms with van der Waals surface area (Å²) >= 11 is 1.66. The molecule has 2 bridgehead atoms. The first-order chi connectivity index (χ1) is 17.1. The topological polar surface area (TPSA) is 113 Å². The fourth-order valence-electron chi connectivity index (χ4n) is 6.15. The minimum Gasteiger partial charge on any atom is -0.396 e. The van der Waals surface area contributed by atoms with Crippen LogP contribution in [0.2, 0.25) is 0 Å². The maximum atomic E-state index is 13.4. The monoisotopic (exact) mass is 511 g/mol. The largest absolute Gasteiger partial charge is 0.396 e. The Balaban J connectivity index is 1.28. The van der Waals surface area contributed by atoms with Gasteiger partial charge < -0.3 is 35.1 Å². The van der Waals surface area contributed by atoms with E-state index in [2.05, 4.69) is 27.7 Å². The number of hydrogen-bond acceptors (Lipinski definition) is 9. The van der Waals surface area contributed by atoms with Gasteiger partial charge in [0.25, 0.3) is 0 Å². The van der Waals surface area contributed by atoms with Crippen molar-refractivity contribution in [2.45, 2.75) is 61.5 Å². The fourth-order valence-corrected chi connectivity index (χ4v) is 7.50. The zero-order valence-electron chi connectivity index (χ0n) is 20.4. The number of hydrogen-bond donors (Lipinski definition) is 4. The van der Waals surface area contributed by atoms with Gasteiger partial charge in [0, 0.05) is 44.5 Å². The molecule has 8 unspecified atom stereocenters. The number of thioether (sulfide) groups is 1. The predicted molar refractivity (Wildman–Crippen MR) is 133 cm³/mol. The third kappa shape index (κ3) is 6.06. The van der Waals surface area contributed by atoms with Crippen LogP contribution in [0.4, 0.5) is 0 Å². The number of aliphatic hydroxyl groups excluding tert-OH is 2. The molecule has 0 radical (unpaired) electrons. The number of fused-ring (bicyclic) bond motifs is 3. The number of nitrogens with zero attached hydrogens (tertiary/aromatic N) is 1. The van der Waals surface area contributed by atoms with E-state index in [0.717, 1.165) is 64.4 Å². The normalized spacial score (nSPS) is 43.8. The first kappa shape index (κ1) is 25.9. The molecule has 198 valence electrons. The van der Waals surface area contributed by atoms with Gasteiger partial charge >= 0.3 is 0 Å². The van der Waals surface area contributed by atoms with Gasteiger partial charge in [0.15, 0.2) is 0 Å². The smallest absolute Gasteiger partial charge is 0.240 e. The van der Waals surface area contributed by atoms with E-state index in [0.29, 0.717) is 24.9 Å². The quantitative estimate of drug-likeness (QED) is 0.378. The zero-order valence-corrected chi connectivity index (χ0v) is 21.2. The second kappa shape index (κ2) is 12.2. The Labute approximate surface area is 212 Å². The van der Waals surface area contributed by atoms with Crippen LogP contribution < -0.4 is 10.6 Å². The van der Waals surface area contributed by atoms with Crippen LogP contribution in [0.25, 0.3) is 0 Å². The van der Waals surface area contributed by atoms with E-state index in [1.807, 2.05) is 0 Å². The summed E-state index contributed by atoms with van der Waals surface area (Å²) in [5.41, 5.74) is -0.294. The number of morpholine rings is 1. The van der Waals surface area contributed by atoms with Crippen LogP contribution in [-0.2, 0) is 19.0 Å². The number of ether oxygens (including phenoxy) is 3. The molecule has 9 nitrogen and oxygen atoms in total. The number of carbonyl (C=O) groups is 1. The molecule has 1 amide bonds. The van der Waals surface area contributed by atoms with Gasteiger partial charge in [0.2, 0.25) is 5.91 Å². The van der Waals surface area contributed by atoms with Crippen LogP contribution in [0.1, 0.15) is 25.7 Å². The Morgan fingerprint density at radius 2 is 2.06 bits per heavy atom. The number of aliphatic hydroxyl groups is 2. The Morgan fingerprint density at radius 3 is 2.89 bits per heavy atom. The minimum absolute atomic E-state index is 0.0906. The first-order valence-electron chi connectivity index (χ1n) is 13.3. The molecular weight excluding hydrogens is 470 g/mol. The van der Waals surface area contributed by atoms with E-state index in [9.17, 15) is 15.0 Å². The Morgan fingerprint density at radius 1 is 1.20 bits per heavy atom. The van der Waals surface area contributed by atoms with Gasteiger partial charge in [-0.1, -0.05) is 18.6 Å². The van der Waals surface area contributed by atoms with Crippen molar-refractivity contribution in [3.05, 3.63) is 12.2 Å². The highest BCUT2D eigenvalue weighted by molar-refractivity contribution is 7.99. The first-order valence-corrected chi connectivity index (χ1v) is 14.4. The zero-order chi connectivity index (χ0) is 24.2. The molecule has 0 spiro atoms. The van der Waals surface area contributed by atoms with E-state index in [1.165, 1.54) is 0 Å². The predicted octanol–water partition coefficient (Wildman–Crippen LogP) is -0.0359. The third-order valence-corrected chi connectivity index (χ3v) is 9.59. The van der Waals surface area contributed by atoms with Gasteiger partial charge in [-0.3, -0.25) is 9.69 Å². The number of nitrogens with one attached hydrogen (secondary N) is 2. The van der Waals surface area contributed by atoms with Crippen LogP contribution in [0, 0.1) is 17.8 Å². The van der Waals surface area contributed by atoms with E-state index in [1.54, 1.807) is 11.8 Å². The number of amides is 1. The molecule has 35 heavy (non-hydrogen) atoms. The SMILES string of the molecule is O=C(NC1C/C=C/C(CN2CCOCC2)CSC2OC1C(O)C2CO)C1NC[C@@H]2CCCCOC12. The van der Waals surface area contributed by atoms with Crippen molar-refractivity contribution in [3.63, 3.8) is 0 Å². The Bertz CT molecular complexity index is 738. The van der Waals surface area contributed by atoms with Gasteiger partial charge in [-0.2, -0.15) is 0 Å². The summed E-state index contributed by atoms with van der Waals surface area (Å²) in [4.78, 5) is 15.8. The standard InChI is InChI=1S/C25H41N3O6S/c29-14-18-21(30)23-19(27-24(31)20-22-17(12-26-20)5-1-2-9-33-22)6-3-4-16(15-35-25(18)34-23)13-28-7-10-32-11-8-28/h3-4,16-23,25-26,29-30H,1-2,5-15H2,(H,27,31)/b4-3+/t16?,17-,18?,19?,20?,21?,22?,23?,25?/m0/s1. The van der Waals surface area contributed by atoms with Crippen LogP contribution in [0.15, 0.2) is 12.2 Å². The highest BCUT2D eigenvalue weighted by Gasteiger charge is 2.48. The molecular formula is C25H41N3O6S. The molecule has 4 saturated heterocycles. The van der Waals surface area contributed by atoms with Crippen molar-refractivity contribution in [1.29, 1.82) is 0 Å². The molecule has 0 aromatic carbocycles. The lowest BCUT2D eigenvalue weighted by molar-refractivity contribution is -0.128. The summed E-state index contributed by atoms with van der Waals surface area (Å²) in [5.74, 6) is 1.09. The molecule has 4 fully saturated rings. The molecule has 5 aliphatic rings. The van der Waals surface area contributed by atoms with Gasteiger partial charge in [0.05, 0.1) is 38.1 Å². The minimum atomic E-state index is -0.828. The van der Waals surface area contributed by atoms with Gasteiger partial charge in [-0.05, 0) is 31.1 Å². The maximum Gasteiger partial charge on any atom is 0.240 e. The van der Waals surface area contributed by atoms with E-state index >= 15 is 0 Å². The van der Waals surface area contributed by atoms with Crippen LogP contribution in [0.5, 0.6) is 0 Å². The highest BCUT2D eigenvalue weighted by Crippen LogP contribution is 2.38. The summed E-state index contributed by atoms with van der Waals surface area (Å²) in [6.45, 7) is 5.71. The molecule has 5 aliphatic heterocycles. The van der Waals surface area contributed by atoms with Gasteiger partial charge in [-0.15, -0.1) is 11.8 Å². The molecule has 5 rings (SSSR count). The van der Waals surface area contributed by atoms with E-state index < -0.39 is 12.2 Å². The molecule has 4 N–H and O–H groups in total. The molecule has 5 heterocycles. The van der Waals surface area contributed by atoms with Crippen LogP contribution in [-0.4, -0.2) is 115 Å². The van der Waals surface area contributed by atoms with Crippen molar-refractivity contribution in [1.82, 2.24) is 15.5 Å². The van der Waals surface area contributed by atoms with Crippen molar-refractivity contribution in [3.8, 4) is 0 Å². The molecule has 0 aromatic rings. The summed E-state index contributed by atoms with van der Waals surface area (Å²) in [5, 5.41) is 27.7. The lowest BCUT2D eigenvalue weighted by Crippen LogP contribution is -2.55. The Kier molecular flexibility index (Phi) is 9.04. The Hall–Kier alpha value is -0.720. The van der Waals surface area contributed by atoms with E-state index in [-0.39, 0.29) is 42.1 Å².